The zero-order chi connectivity index (χ0) is 16.5. The minimum Gasteiger partial charge on any atom is -0.377 e. The third kappa shape index (κ3) is 7.97. The van der Waals surface area contributed by atoms with Gasteiger partial charge < -0.3 is 21.1 Å². The molecular weight excluding hydrogens is 318 g/mol. The van der Waals surface area contributed by atoms with E-state index < -0.39 is 6.04 Å². The zero-order valence-electron chi connectivity index (χ0n) is 13.8. The second-order valence-electron chi connectivity index (χ2n) is 5.37. The standard InChI is InChI=1S/C16H25N3O3.ClH/c1-4-22-10-12-5-7-13(8-6-12)19-14(20)9-18-16(21)15(17)11(2)3;/h5-8,11,15H,4,9-10,17H2,1-3H3,(H,18,21)(H,19,20);1H/t15-;/m0./s1. The topological polar surface area (TPSA) is 93.5 Å². The Hall–Kier alpha value is -1.63. The fourth-order valence-corrected chi connectivity index (χ4v) is 1.70. The predicted octanol–water partition coefficient (Wildman–Crippen LogP) is 1.68. The molecule has 6 nitrogen and oxygen atoms in total. The molecule has 0 saturated carbocycles. The number of anilines is 1. The second kappa shape index (κ2) is 11.0. The summed E-state index contributed by atoms with van der Waals surface area (Å²) in [4.78, 5) is 23.4. The molecule has 7 heteroatoms. The summed E-state index contributed by atoms with van der Waals surface area (Å²) in [5.41, 5.74) is 7.41. The van der Waals surface area contributed by atoms with Crippen molar-refractivity contribution in [1.82, 2.24) is 5.32 Å². The third-order valence-electron chi connectivity index (χ3n) is 3.15. The lowest BCUT2D eigenvalue weighted by Crippen LogP contribution is -2.46. The van der Waals surface area contributed by atoms with E-state index in [0.29, 0.717) is 18.9 Å². The highest BCUT2D eigenvalue weighted by Crippen LogP contribution is 2.10. The maximum atomic E-state index is 11.8. The number of carbonyl (C=O) groups is 2. The number of benzene rings is 1. The van der Waals surface area contributed by atoms with E-state index in [1.54, 1.807) is 12.1 Å². The van der Waals surface area contributed by atoms with Crippen molar-refractivity contribution >= 4 is 29.9 Å². The van der Waals surface area contributed by atoms with Gasteiger partial charge in [0.15, 0.2) is 0 Å². The van der Waals surface area contributed by atoms with Crippen molar-refractivity contribution in [2.24, 2.45) is 11.7 Å². The van der Waals surface area contributed by atoms with E-state index in [0.717, 1.165) is 5.56 Å². The SMILES string of the molecule is CCOCc1ccc(NC(=O)CNC(=O)[C@@H](N)C(C)C)cc1.Cl. The molecule has 0 heterocycles. The Morgan fingerprint density at radius 2 is 1.83 bits per heavy atom. The lowest BCUT2D eigenvalue weighted by Gasteiger charge is -2.15. The van der Waals surface area contributed by atoms with Gasteiger partial charge in [-0.2, -0.15) is 0 Å². The van der Waals surface area contributed by atoms with E-state index in [4.69, 9.17) is 10.5 Å². The van der Waals surface area contributed by atoms with Gasteiger partial charge in [0.2, 0.25) is 11.8 Å². The van der Waals surface area contributed by atoms with Gasteiger partial charge in [-0.25, -0.2) is 0 Å². The highest BCUT2D eigenvalue weighted by Gasteiger charge is 2.17. The smallest absolute Gasteiger partial charge is 0.243 e. The van der Waals surface area contributed by atoms with E-state index in [1.165, 1.54) is 0 Å². The highest BCUT2D eigenvalue weighted by atomic mass is 35.5. The van der Waals surface area contributed by atoms with Gasteiger partial charge in [0.05, 0.1) is 19.2 Å². The molecule has 1 aromatic carbocycles. The van der Waals surface area contributed by atoms with Crippen LogP contribution >= 0.6 is 12.4 Å². The third-order valence-corrected chi connectivity index (χ3v) is 3.15. The molecule has 0 radical (unpaired) electrons. The quantitative estimate of drug-likeness (QED) is 0.669. The lowest BCUT2D eigenvalue weighted by molar-refractivity contribution is -0.125. The number of nitrogens with one attached hydrogen (secondary N) is 2. The summed E-state index contributed by atoms with van der Waals surface area (Å²) in [6, 6.07) is 6.77. The molecule has 0 aliphatic carbocycles. The lowest BCUT2D eigenvalue weighted by atomic mass is 10.1. The molecular formula is C16H26ClN3O3. The van der Waals surface area contributed by atoms with Crippen molar-refractivity contribution in [3.8, 4) is 0 Å². The molecule has 1 rings (SSSR count). The van der Waals surface area contributed by atoms with E-state index in [1.807, 2.05) is 32.9 Å². The molecule has 0 aliphatic heterocycles. The van der Waals surface area contributed by atoms with Crippen LogP contribution in [0.1, 0.15) is 26.3 Å². The maximum Gasteiger partial charge on any atom is 0.243 e. The van der Waals surface area contributed by atoms with Gasteiger partial charge in [0.1, 0.15) is 0 Å². The summed E-state index contributed by atoms with van der Waals surface area (Å²) in [6.07, 6.45) is 0. The summed E-state index contributed by atoms with van der Waals surface area (Å²) in [5.74, 6) is -0.583. The van der Waals surface area contributed by atoms with E-state index >= 15 is 0 Å². The number of hydrogen-bond acceptors (Lipinski definition) is 4. The number of hydrogen-bond donors (Lipinski definition) is 3. The molecule has 0 unspecified atom stereocenters. The highest BCUT2D eigenvalue weighted by molar-refractivity contribution is 5.95. The molecule has 1 atom stereocenters. The number of nitrogens with two attached hydrogens (primary N) is 1. The fraction of sp³-hybridized carbons (Fsp3) is 0.500. The first kappa shape index (κ1) is 21.4. The molecule has 0 saturated heterocycles. The van der Waals surface area contributed by atoms with Crippen LogP contribution in [0.3, 0.4) is 0 Å². The Morgan fingerprint density at radius 1 is 1.22 bits per heavy atom. The van der Waals surface area contributed by atoms with Gasteiger partial charge in [-0.1, -0.05) is 26.0 Å². The van der Waals surface area contributed by atoms with Crippen LogP contribution in [0.5, 0.6) is 0 Å². The van der Waals surface area contributed by atoms with Crippen molar-refractivity contribution in [1.29, 1.82) is 0 Å². The Morgan fingerprint density at radius 3 is 2.35 bits per heavy atom. The van der Waals surface area contributed by atoms with Gasteiger partial charge in [-0.15, -0.1) is 12.4 Å². The Labute approximate surface area is 143 Å². The second-order valence-corrected chi connectivity index (χ2v) is 5.37. The van der Waals surface area contributed by atoms with Gasteiger partial charge in [0, 0.05) is 12.3 Å². The van der Waals surface area contributed by atoms with Crippen LogP contribution in [0.15, 0.2) is 24.3 Å². The first-order valence-electron chi connectivity index (χ1n) is 7.43. The normalized spacial score (nSPS) is 11.5. The monoisotopic (exact) mass is 343 g/mol. The molecule has 4 N–H and O–H groups in total. The molecule has 130 valence electrons. The number of rotatable bonds is 8. The van der Waals surface area contributed by atoms with Gasteiger partial charge in [-0.05, 0) is 30.5 Å². The summed E-state index contributed by atoms with van der Waals surface area (Å²) in [6.45, 7) is 6.76. The molecule has 0 bridgehead atoms. The van der Waals surface area contributed by atoms with Gasteiger partial charge >= 0.3 is 0 Å². The number of halogens is 1. The van der Waals surface area contributed by atoms with Crippen molar-refractivity contribution in [2.75, 3.05) is 18.5 Å². The van der Waals surface area contributed by atoms with Crippen LogP contribution in [-0.2, 0) is 20.9 Å². The number of ether oxygens (including phenoxy) is 1. The summed E-state index contributed by atoms with van der Waals surface area (Å²) in [5, 5.41) is 5.24. The van der Waals surface area contributed by atoms with Crippen LogP contribution in [0.4, 0.5) is 5.69 Å². The van der Waals surface area contributed by atoms with Gasteiger partial charge in [0.25, 0.3) is 0 Å². The van der Waals surface area contributed by atoms with Crippen molar-refractivity contribution in [2.45, 2.75) is 33.4 Å². The molecule has 2 amide bonds. The number of amides is 2. The molecule has 0 spiro atoms. The Balaban J connectivity index is 0.00000484. The van der Waals surface area contributed by atoms with E-state index in [9.17, 15) is 9.59 Å². The fourth-order valence-electron chi connectivity index (χ4n) is 1.70. The van der Waals surface area contributed by atoms with Crippen LogP contribution in [0.25, 0.3) is 0 Å². The molecule has 0 fully saturated rings. The Bertz CT molecular complexity index is 492. The summed E-state index contributed by atoms with van der Waals surface area (Å²) < 4.78 is 5.30. The van der Waals surface area contributed by atoms with Crippen molar-refractivity contribution < 1.29 is 14.3 Å². The maximum absolute atomic E-state index is 11.8. The van der Waals surface area contributed by atoms with Crippen LogP contribution in [0, 0.1) is 5.92 Å². The average molecular weight is 344 g/mol. The van der Waals surface area contributed by atoms with Crippen LogP contribution < -0.4 is 16.4 Å². The number of carbonyl (C=O) groups excluding carboxylic acids is 2. The predicted molar refractivity (Wildman–Crippen MR) is 93.5 cm³/mol. The minimum atomic E-state index is -0.606. The van der Waals surface area contributed by atoms with Crippen molar-refractivity contribution in [3.05, 3.63) is 29.8 Å². The summed E-state index contributed by atoms with van der Waals surface area (Å²) >= 11 is 0. The summed E-state index contributed by atoms with van der Waals surface area (Å²) in [7, 11) is 0. The van der Waals surface area contributed by atoms with E-state index in [2.05, 4.69) is 10.6 Å². The van der Waals surface area contributed by atoms with E-state index in [-0.39, 0.29) is 36.7 Å². The molecule has 23 heavy (non-hydrogen) atoms. The van der Waals surface area contributed by atoms with Crippen LogP contribution in [-0.4, -0.2) is 31.0 Å². The minimum absolute atomic E-state index is 0. The largest absolute Gasteiger partial charge is 0.377 e. The molecule has 1 aromatic rings. The van der Waals surface area contributed by atoms with Gasteiger partial charge in [-0.3, -0.25) is 9.59 Å². The van der Waals surface area contributed by atoms with Crippen molar-refractivity contribution in [3.63, 3.8) is 0 Å². The first-order valence-corrected chi connectivity index (χ1v) is 7.43. The Kier molecular flexibility index (Phi) is 10.2. The molecule has 0 aliphatic rings. The van der Waals surface area contributed by atoms with Crippen LogP contribution in [0.2, 0.25) is 0 Å². The molecule has 0 aromatic heterocycles. The zero-order valence-corrected chi connectivity index (χ0v) is 14.6. The first-order chi connectivity index (χ1) is 10.4. The average Bonchev–Trinajstić information content (AvgIpc) is 2.51.